The van der Waals surface area contributed by atoms with Gasteiger partial charge in [-0.05, 0) is 62.1 Å². The molecule has 0 unspecified atom stereocenters. The Balaban J connectivity index is 1.44. The molecule has 5 heteroatoms. The van der Waals surface area contributed by atoms with E-state index in [2.05, 4.69) is 47.9 Å². The number of hydrogen-bond donors (Lipinski definition) is 1. The number of benzene rings is 2. The summed E-state index contributed by atoms with van der Waals surface area (Å²) in [6.07, 6.45) is 1.97. The molecule has 2 aliphatic heterocycles. The smallest absolute Gasteiger partial charge is 0.256 e. The molecule has 2 aromatic rings. The Morgan fingerprint density at radius 2 is 1.55 bits per heavy atom. The van der Waals surface area contributed by atoms with Crippen LogP contribution in [0.5, 0.6) is 0 Å². The number of carbonyl (C=O) groups excluding carboxylic acids is 1. The number of carbonyl (C=O) groups is 1. The average Bonchev–Trinajstić information content (AvgIpc) is 2.76. The van der Waals surface area contributed by atoms with Gasteiger partial charge in [-0.2, -0.15) is 0 Å². The third-order valence-corrected chi connectivity index (χ3v) is 6.44. The topological polar surface area (TPSA) is 52.8 Å². The second-order valence-electron chi connectivity index (χ2n) is 8.39. The SMILES string of the molecule is Cc1ccc(N2CCN(C(=O)c3ccccc3N3CCC(N)CC3)CC2)cc1C. The molecule has 0 aromatic heterocycles. The molecule has 4 rings (SSSR count). The fourth-order valence-corrected chi connectivity index (χ4v) is 4.33. The number of anilines is 2. The van der Waals surface area contributed by atoms with Gasteiger partial charge < -0.3 is 20.4 Å². The molecule has 1 amide bonds. The van der Waals surface area contributed by atoms with Gasteiger partial charge in [0.25, 0.3) is 5.91 Å². The number of nitrogens with zero attached hydrogens (tertiary/aromatic N) is 3. The molecule has 2 N–H and O–H groups in total. The first-order chi connectivity index (χ1) is 14.0. The zero-order valence-corrected chi connectivity index (χ0v) is 17.6. The summed E-state index contributed by atoms with van der Waals surface area (Å²) in [5.74, 6) is 0.148. The monoisotopic (exact) mass is 392 g/mol. The van der Waals surface area contributed by atoms with Crippen molar-refractivity contribution in [2.75, 3.05) is 49.1 Å². The summed E-state index contributed by atoms with van der Waals surface area (Å²) in [6, 6.07) is 15.0. The number of amides is 1. The van der Waals surface area contributed by atoms with E-state index in [1.165, 1.54) is 16.8 Å². The Morgan fingerprint density at radius 1 is 0.862 bits per heavy atom. The number of piperazine rings is 1. The van der Waals surface area contributed by atoms with Crippen molar-refractivity contribution in [1.82, 2.24) is 4.90 Å². The van der Waals surface area contributed by atoms with Crippen molar-refractivity contribution in [1.29, 1.82) is 0 Å². The maximum absolute atomic E-state index is 13.3. The molecule has 2 aliphatic rings. The zero-order chi connectivity index (χ0) is 20.4. The number of hydrogen-bond acceptors (Lipinski definition) is 4. The number of rotatable bonds is 3. The van der Waals surface area contributed by atoms with E-state index in [1.807, 2.05) is 23.1 Å². The Kier molecular flexibility index (Phi) is 5.76. The molecule has 154 valence electrons. The molecule has 0 spiro atoms. The highest BCUT2D eigenvalue weighted by atomic mass is 16.2. The molecule has 0 saturated carbocycles. The van der Waals surface area contributed by atoms with Crippen LogP contribution in [0.4, 0.5) is 11.4 Å². The van der Waals surface area contributed by atoms with E-state index in [0.29, 0.717) is 0 Å². The van der Waals surface area contributed by atoms with Crippen molar-refractivity contribution in [3.8, 4) is 0 Å². The number of nitrogens with two attached hydrogens (primary N) is 1. The normalized spacial score (nSPS) is 18.2. The molecule has 2 fully saturated rings. The third-order valence-electron chi connectivity index (χ3n) is 6.44. The van der Waals surface area contributed by atoms with Crippen LogP contribution in [0.15, 0.2) is 42.5 Å². The Hall–Kier alpha value is -2.53. The maximum atomic E-state index is 13.3. The first kappa shape index (κ1) is 19.8. The minimum atomic E-state index is 0.148. The fourth-order valence-electron chi connectivity index (χ4n) is 4.33. The highest BCUT2D eigenvalue weighted by Crippen LogP contribution is 2.26. The van der Waals surface area contributed by atoms with Gasteiger partial charge in [-0.25, -0.2) is 0 Å². The van der Waals surface area contributed by atoms with Crippen molar-refractivity contribution in [3.05, 3.63) is 59.2 Å². The first-order valence-corrected chi connectivity index (χ1v) is 10.7. The van der Waals surface area contributed by atoms with Gasteiger partial charge in [0.2, 0.25) is 0 Å². The molecular weight excluding hydrogens is 360 g/mol. The highest BCUT2D eigenvalue weighted by Gasteiger charge is 2.26. The summed E-state index contributed by atoms with van der Waals surface area (Å²) in [7, 11) is 0. The van der Waals surface area contributed by atoms with Gasteiger partial charge in [-0.1, -0.05) is 18.2 Å². The standard InChI is InChI=1S/C24H32N4O/c1-18-7-8-21(17-19(18)2)26-13-15-28(16-14-26)24(29)22-5-3-4-6-23(22)27-11-9-20(25)10-12-27/h3-8,17,20H,9-16,25H2,1-2H3. The maximum Gasteiger partial charge on any atom is 0.256 e. The molecule has 29 heavy (non-hydrogen) atoms. The number of aryl methyl sites for hydroxylation is 2. The third kappa shape index (κ3) is 4.25. The predicted octanol–water partition coefficient (Wildman–Crippen LogP) is 3.19. The summed E-state index contributed by atoms with van der Waals surface area (Å²) in [6.45, 7) is 9.39. The van der Waals surface area contributed by atoms with Gasteiger partial charge in [0.15, 0.2) is 0 Å². The van der Waals surface area contributed by atoms with Crippen LogP contribution in [0.2, 0.25) is 0 Å². The van der Waals surface area contributed by atoms with Crippen LogP contribution in [0.1, 0.15) is 34.3 Å². The molecule has 0 bridgehead atoms. The Bertz CT molecular complexity index is 865. The predicted molar refractivity (Wildman–Crippen MR) is 120 cm³/mol. The van der Waals surface area contributed by atoms with Crippen LogP contribution < -0.4 is 15.5 Å². The van der Waals surface area contributed by atoms with E-state index in [0.717, 1.165) is 63.4 Å². The molecule has 2 saturated heterocycles. The molecule has 0 atom stereocenters. The molecular formula is C24H32N4O. The van der Waals surface area contributed by atoms with Crippen LogP contribution in [0, 0.1) is 13.8 Å². The van der Waals surface area contributed by atoms with E-state index < -0.39 is 0 Å². The van der Waals surface area contributed by atoms with Gasteiger partial charge in [-0.3, -0.25) is 4.79 Å². The van der Waals surface area contributed by atoms with Crippen LogP contribution >= 0.6 is 0 Å². The van der Waals surface area contributed by atoms with E-state index >= 15 is 0 Å². The van der Waals surface area contributed by atoms with Crippen LogP contribution in [-0.2, 0) is 0 Å². The lowest BCUT2D eigenvalue weighted by molar-refractivity contribution is 0.0747. The lowest BCUT2D eigenvalue weighted by Crippen LogP contribution is -2.49. The van der Waals surface area contributed by atoms with E-state index in [-0.39, 0.29) is 11.9 Å². The minimum Gasteiger partial charge on any atom is -0.371 e. The van der Waals surface area contributed by atoms with Gasteiger partial charge >= 0.3 is 0 Å². The lowest BCUT2D eigenvalue weighted by Gasteiger charge is -2.38. The summed E-state index contributed by atoms with van der Waals surface area (Å²) >= 11 is 0. The highest BCUT2D eigenvalue weighted by molar-refractivity contribution is 6.00. The van der Waals surface area contributed by atoms with E-state index in [4.69, 9.17) is 5.73 Å². The van der Waals surface area contributed by atoms with Crippen LogP contribution in [-0.4, -0.2) is 56.1 Å². The van der Waals surface area contributed by atoms with Gasteiger partial charge in [0, 0.05) is 56.7 Å². The van der Waals surface area contributed by atoms with Crippen LogP contribution in [0.25, 0.3) is 0 Å². The lowest BCUT2D eigenvalue weighted by atomic mass is 10.0. The number of para-hydroxylation sites is 1. The molecule has 0 aliphatic carbocycles. The minimum absolute atomic E-state index is 0.148. The van der Waals surface area contributed by atoms with Gasteiger partial charge in [0.05, 0.1) is 5.56 Å². The quantitative estimate of drug-likeness (QED) is 0.872. The van der Waals surface area contributed by atoms with E-state index in [9.17, 15) is 4.79 Å². The average molecular weight is 393 g/mol. The molecule has 2 aromatic carbocycles. The van der Waals surface area contributed by atoms with Crippen molar-refractivity contribution >= 4 is 17.3 Å². The first-order valence-electron chi connectivity index (χ1n) is 10.7. The Morgan fingerprint density at radius 3 is 2.24 bits per heavy atom. The largest absolute Gasteiger partial charge is 0.371 e. The van der Waals surface area contributed by atoms with Crippen molar-refractivity contribution < 1.29 is 4.79 Å². The second-order valence-corrected chi connectivity index (χ2v) is 8.39. The second kappa shape index (κ2) is 8.46. The summed E-state index contributed by atoms with van der Waals surface area (Å²) in [5.41, 5.74) is 11.8. The summed E-state index contributed by atoms with van der Waals surface area (Å²) in [4.78, 5) is 20.0. The Labute approximate surface area is 174 Å². The van der Waals surface area contributed by atoms with Crippen molar-refractivity contribution in [2.45, 2.75) is 32.7 Å². The van der Waals surface area contributed by atoms with Crippen molar-refractivity contribution in [3.63, 3.8) is 0 Å². The van der Waals surface area contributed by atoms with Gasteiger partial charge in [-0.15, -0.1) is 0 Å². The van der Waals surface area contributed by atoms with Gasteiger partial charge in [0.1, 0.15) is 0 Å². The molecule has 0 radical (unpaired) electrons. The zero-order valence-electron chi connectivity index (χ0n) is 17.6. The van der Waals surface area contributed by atoms with E-state index in [1.54, 1.807) is 0 Å². The molecule has 2 heterocycles. The molecule has 5 nitrogen and oxygen atoms in total. The fraction of sp³-hybridized carbons (Fsp3) is 0.458. The summed E-state index contributed by atoms with van der Waals surface area (Å²) < 4.78 is 0. The van der Waals surface area contributed by atoms with Crippen molar-refractivity contribution in [2.24, 2.45) is 5.73 Å². The summed E-state index contributed by atoms with van der Waals surface area (Å²) in [5, 5.41) is 0. The van der Waals surface area contributed by atoms with Crippen LogP contribution in [0.3, 0.4) is 0 Å². The number of piperidine rings is 1.